The van der Waals surface area contributed by atoms with E-state index in [1.807, 2.05) is 29.0 Å². The van der Waals surface area contributed by atoms with E-state index in [4.69, 9.17) is 4.74 Å². The highest BCUT2D eigenvalue weighted by Crippen LogP contribution is 2.24. The Morgan fingerprint density at radius 3 is 2.62 bits per heavy atom. The molecule has 3 rings (SSSR count). The van der Waals surface area contributed by atoms with Gasteiger partial charge in [-0.2, -0.15) is 4.99 Å². The lowest BCUT2D eigenvalue weighted by Crippen LogP contribution is -2.20. The minimum atomic E-state index is -3.80. The van der Waals surface area contributed by atoms with Gasteiger partial charge in [-0.25, -0.2) is 8.42 Å². The van der Waals surface area contributed by atoms with Crippen LogP contribution >= 0.6 is 23.1 Å². The predicted octanol–water partition coefficient (Wildman–Crippen LogP) is 3.52. The Balaban J connectivity index is 1.95. The molecule has 0 aliphatic carbocycles. The first-order chi connectivity index (χ1) is 13.9. The standard InChI is InChI=1S/C20H20N2O4S3/c1-4-11-22-17-10-7-15(27-3)12-18(17)28-20(22)21-19(23)13-29(24,25)16-8-5-14(26-2)6-9-16/h4-10,12H,1,11,13H2,2-3H3. The van der Waals surface area contributed by atoms with Gasteiger partial charge in [0, 0.05) is 11.4 Å². The highest BCUT2D eigenvalue weighted by Gasteiger charge is 2.19. The number of allylic oxidation sites excluding steroid dienone is 1. The number of fused-ring (bicyclic) bond motifs is 1. The van der Waals surface area contributed by atoms with Gasteiger partial charge in [0.25, 0.3) is 5.91 Å². The number of carbonyl (C=O) groups excluding carboxylic acids is 1. The van der Waals surface area contributed by atoms with E-state index in [0.717, 1.165) is 15.1 Å². The van der Waals surface area contributed by atoms with Gasteiger partial charge >= 0.3 is 0 Å². The number of rotatable bonds is 7. The van der Waals surface area contributed by atoms with Gasteiger partial charge in [-0.15, -0.1) is 18.3 Å². The second kappa shape index (κ2) is 8.98. The summed E-state index contributed by atoms with van der Waals surface area (Å²) in [6, 6.07) is 11.9. The van der Waals surface area contributed by atoms with Gasteiger partial charge < -0.3 is 9.30 Å². The predicted molar refractivity (Wildman–Crippen MR) is 117 cm³/mol. The van der Waals surface area contributed by atoms with Crippen LogP contribution in [0, 0.1) is 0 Å². The Morgan fingerprint density at radius 2 is 2.00 bits per heavy atom. The van der Waals surface area contributed by atoms with Gasteiger partial charge in [0.2, 0.25) is 0 Å². The fraction of sp³-hybridized carbons (Fsp3) is 0.200. The molecule has 1 amide bonds. The first kappa shape index (κ1) is 21.4. The molecule has 2 aromatic carbocycles. The second-order valence-corrected chi connectivity index (χ2v) is 9.94. The average Bonchev–Trinajstić information content (AvgIpc) is 3.03. The van der Waals surface area contributed by atoms with Crippen LogP contribution in [-0.4, -0.2) is 38.0 Å². The van der Waals surface area contributed by atoms with E-state index < -0.39 is 21.5 Å². The molecule has 1 heterocycles. The van der Waals surface area contributed by atoms with Crippen molar-refractivity contribution in [3.63, 3.8) is 0 Å². The van der Waals surface area contributed by atoms with E-state index in [1.54, 1.807) is 30.0 Å². The van der Waals surface area contributed by atoms with Gasteiger partial charge in [0.15, 0.2) is 14.6 Å². The van der Waals surface area contributed by atoms with Crippen molar-refractivity contribution in [1.82, 2.24) is 4.57 Å². The Hall–Kier alpha value is -2.36. The summed E-state index contributed by atoms with van der Waals surface area (Å²) in [4.78, 5) is 18.2. The van der Waals surface area contributed by atoms with Crippen molar-refractivity contribution in [2.75, 3.05) is 19.1 Å². The number of benzene rings is 2. The van der Waals surface area contributed by atoms with Gasteiger partial charge in [-0.05, 0) is 48.7 Å². The highest BCUT2D eigenvalue weighted by molar-refractivity contribution is 7.98. The summed E-state index contributed by atoms with van der Waals surface area (Å²) in [5.74, 6) is -0.867. The number of thiazole rings is 1. The van der Waals surface area contributed by atoms with E-state index in [9.17, 15) is 13.2 Å². The summed E-state index contributed by atoms with van der Waals surface area (Å²) in [6.45, 7) is 4.22. The fourth-order valence-corrected chi connectivity index (χ4v) is 5.46. The van der Waals surface area contributed by atoms with Crippen LogP contribution in [0.3, 0.4) is 0 Å². The number of hydrogen-bond acceptors (Lipinski definition) is 6. The van der Waals surface area contributed by atoms with Crippen LogP contribution in [0.1, 0.15) is 0 Å². The molecule has 0 radical (unpaired) electrons. The van der Waals surface area contributed by atoms with E-state index in [-0.39, 0.29) is 4.90 Å². The Morgan fingerprint density at radius 1 is 1.28 bits per heavy atom. The summed E-state index contributed by atoms with van der Waals surface area (Å²) in [5.41, 5.74) is 0.928. The van der Waals surface area contributed by atoms with E-state index in [2.05, 4.69) is 11.6 Å². The topological polar surface area (TPSA) is 77.7 Å². The van der Waals surface area contributed by atoms with Crippen molar-refractivity contribution in [2.45, 2.75) is 16.3 Å². The molecule has 0 saturated heterocycles. The van der Waals surface area contributed by atoms with E-state index >= 15 is 0 Å². The summed E-state index contributed by atoms with van der Waals surface area (Å²) >= 11 is 2.98. The highest BCUT2D eigenvalue weighted by atomic mass is 32.2. The quantitative estimate of drug-likeness (QED) is 0.408. The van der Waals surface area contributed by atoms with Gasteiger partial charge in [0.05, 0.1) is 22.2 Å². The number of thioether (sulfide) groups is 1. The number of amides is 1. The largest absolute Gasteiger partial charge is 0.497 e. The molecule has 0 spiro atoms. The molecular formula is C20H20N2O4S3. The Bertz CT molecular complexity index is 1220. The number of aromatic nitrogens is 1. The molecule has 0 atom stereocenters. The molecule has 0 fully saturated rings. The van der Waals surface area contributed by atoms with E-state index in [0.29, 0.717) is 17.1 Å². The number of sulfone groups is 1. The zero-order valence-electron chi connectivity index (χ0n) is 16.0. The summed E-state index contributed by atoms with van der Waals surface area (Å²) in [7, 11) is -2.30. The molecule has 9 heteroatoms. The van der Waals surface area contributed by atoms with Crippen molar-refractivity contribution >= 4 is 49.1 Å². The number of methoxy groups -OCH3 is 1. The lowest BCUT2D eigenvalue weighted by Gasteiger charge is -2.04. The normalized spacial score (nSPS) is 12.3. The van der Waals surface area contributed by atoms with Crippen LogP contribution in [0.15, 0.2) is 69.9 Å². The number of ether oxygens (including phenoxy) is 1. The third-order valence-electron chi connectivity index (χ3n) is 4.15. The Labute approximate surface area is 177 Å². The molecule has 0 unspecified atom stereocenters. The lowest BCUT2D eigenvalue weighted by atomic mass is 10.3. The van der Waals surface area contributed by atoms with Crippen molar-refractivity contribution in [1.29, 1.82) is 0 Å². The van der Waals surface area contributed by atoms with Crippen LogP contribution in [0.4, 0.5) is 0 Å². The van der Waals surface area contributed by atoms with Crippen LogP contribution in [0.2, 0.25) is 0 Å². The van der Waals surface area contributed by atoms with Crippen molar-refractivity contribution in [3.05, 3.63) is 59.9 Å². The zero-order valence-corrected chi connectivity index (χ0v) is 18.4. The molecule has 152 valence electrons. The second-order valence-electron chi connectivity index (χ2n) is 6.06. The van der Waals surface area contributed by atoms with Crippen LogP contribution in [0.25, 0.3) is 10.2 Å². The number of nitrogens with zero attached hydrogens (tertiary/aromatic N) is 2. The third-order valence-corrected chi connectivity index (χ3v) is 7.54. The monoisotopic (exact) mass is 448 g/mol. The first-order valence-corrected chi connectivity index (χ1v) is 12.3. The number of hydrogen-bond donors (Lipinski definition) is 0. The summed E-state index contributed by atoms with van der Waals surface area (Å²) < 4.78 is 33.0. The average molecular weight is 449 g/mol. The van der Waals surface area contributed by atoms with Gasteiger partial charge in [-0.1, -0.05) is 17.4 Å². The van der Waals surface area contributed by atoms with E-state index in [1.165, 1.54) is 30.6 Å². The molecule has 3 aromatic rings. The maximum atomic E-state index is 12.6. The lowest BCUT2D eigenvalue weighted by molar-refractivity contribution is -0.115. The maximum Gasteiger partial charge on any atom is 0.263 e. The van der Waals surface area contributed by atoms with Crippen LogP contribution in [0.5, 0.6) is 5.75 Å². The zero-order chi connectivity index (χ0) is 21.0. The molecule has 1 aromatic heterocycles. The summed E-state index contributed by atoms with van der Waals surface area (Å²) in [6.07, 6.45) is 3.71. The SMILES string of the molecule is C=CCn1c(=NC(=O)CS(=O)(=O)c2ccc(OC)cc2)sc2cc(SC)ccc21. The maximum absolute atomic E-state index is 12.6. The van der Waals surface area contributed by atoms with Crippen LogP contribution < -0.4 is 9.54 Å². The molecule has 0 aliphatic heterocycles. The van der Waals surface area contributed by atoms with Crippen molar-refractivity contribution in [2.24, 2.45) is 4.99 Å². The molecule has 0 aliphatic rings. The smallest absolute Gasteiger partial charge is 0.263 e. The van der Waals surface area contributed by atoms with Crippen LogP contribution in [-0.2, 0) is 21.2 Å². The van der Waals surface area contributed by atoms with Gasteiger partial charge in [-0.3, -0.25) is 4.79 Å². The molecule has 6 nitrogen and oxygen atoms in total. The third kappa shape index (κ3) is 4.80. The minimum Gasteiger partial charge on any atom is -0.497 e. The molecule has 0 N–H and O–H groups in total. The minimum absolute atomic E-state index is 0.0572. The molecule has 0 bridgehead atoms. The molecular weight excluding hydrogens is 428 g/mol. The number of carbonyl (C=O) groups is 1. The Kier molecular flexibility index (Phi) is 6.61. The van der Waals surface area contributed by atoms with Gasteiger partial charge in [0.1, 0.15) is 11.5 Å². The molecule has 0 saturated carbocycles. The van der Waals surface area contributed by atoms with Crippen molar-refractivity contribution in [3.8, 4) is 5.75 Å². The fourth-order valence-electron chi connectivity index (χ4n) is 2.74. The van der Waals surface area contributed by atoms with Crippen molar-refractivity contribution < 1.29 is 17.9 Å². The summed E-state index contributed by atoms with van der Waals surface area (Å²) in [5, 5.41) is 0. The molecule has 29 heavy (non-hydrogen) atoms. The first-order valence-electron chi connectivity index (χ1n) is 8.60.